The van der Waals surface area contributed by atoms with Gasteiger partial charge in [-0.2, -0.15) is 0 Å². The Morgan fingerprint density at radius 1 is 1.00 bits per heavy atom. The number of fused-ring (bicyclic) bond motifs is 1. The number of carbonyl (C=O) groups is 2. The van der Waals surface area contributed by atoms with E-state index in [1.165, 1.54) is 0 Å². The molecule has 2 amide bonds. The van der Waals surface area contributed by atoms with E-state index in [2.05, 4.69) is 16.0 Å². The molecule has 0 bridgehead atoms. The summed E-state index contributed by atoms with van der Waals surface area (Å²) in [5.74, 6) is -0.304. The van der Waals surface area contributed by atoms with Gasteiger partial charge in [0, 0.05) is 17.1 Å². The van der Waals surface area contributed by atoms with Gasteiger partial charge in [0.25, 0.3) is 0 Å². The Bertz CT molecular complexity index is 1200. The number of rotatable bonds is 7. The van der Waals surface area contributed by atoms with Crippen LogP contribution >= 0.6 is 0 Å². The topological polar surface area (TPSA) is 110 Å². The first-order valence-corrected chi connectivity index (χ1v) is 11.2. The molecule has 0 saturated heterocycles. The summed E-state index contributed by atoms with van der Waals surface area (Å²) >= 11 is 0. The van der Waals surface area contributed by atoms with E-state index in [-0.39, 0.29) is 24.1 Å². The summed E-state index contributed by atoms with van der Waals surface area (Å²) in [5.41, 5.74) is 1.80. The lowest BCUT2D eigenvalue weighted by Gasteiger charge is -2.18. The number of hydrogen-bond donors (Lipinski definition) is 3. The first-order valence-electron chi connectivity index (χ1n) is 11.2. The van der Waals surface area contributed by atoms with E-state index in [9.17, 15) is 14.4 Å². The van der Waals surface area contributed by atoms with E-state index in [1.807, 2.05) is 12.1 Å². The second kappa shape index (κ2) is 10.2. The van der Waals surface area contributed by atoms with Gasteiger partial charge in [0.1, 0.15) is 5.58 Å². The summed E-state index contributed by atoms with van der Waals surface area (Å²) in [6, 6.07) is 13.8. The van der Waals surface area contributed by atoms with Crippen molar-refractivity contribution in [1.29, 1.82) is 0 Å². The Kier molecular flexibility index (Phi) is 6.92. The molecule has 172 valence electrons. The lowest BCUT2D eigenvalue weighted by molar-refractivity contribution is -0.142. The van der Waals surface area contributed by atoms with Crippen LogP contribution in [0.3, 0.4) is 0 Å². The number of amides is 2. The molecular weight excluding hydrogens is 422 g/mol. The smallest absolute Gasteiger partial charge is 0.362 e. The quantitative estimate of drug-likeness (QED) is 0.350. The molecule has 1 aliphatic carbocycles. The molecule has 33 heavy (non-hydrogen) atoms. The molecule has 0 radical (unpaired) electrons. The van der Waals surface area contributed by atoms with Gasteiger partial charge in [-0.05, 0) is 49.6 Å². The second-order valence-electron chi connectivity index (χ2n) is 8.02. The van der Waals surface area contributed by atoms with Crippen LogP contribution < -0.4 is 21.6 Å². The van der Waals surface area contributed by atoms with Gasteiger partial charge in [-0.1, -0.05) is 37.1 Å². The van der Waals surface area contributed by atoms with Crippen LogP contribution in [-0.2, 0) is 16.0 Å². The monoisotopic (exact) mass is 449 g/mol. The lowest BCUT2D eigenvalue weighted by atomic mass is 10.1. The van der Waals surface area contributed by atoms with Gasteiger partial charge in [-0.3, -0.25) is 10.1 Å². The van der Waals surface area contributed by atoms with Gasteiger partial charge in [-0.15, -0.1) is 0 Å². The van der Waals surface area contributed by atoms with Crippen LogP contribution in [0.2, 0.25) is 0 Å². The summed E-state index contributed by atoms with van der Waals surface area (Å²) in [4.78, 5) is 37.0. The zero-order valence-electron chi connectivity index (χ0n) is 18.5. The standard InChI is InChI=1S/C25H27N3O5/c1-2-32-21(29)15-16-11-13-18(14-12-16)27-25(31)28-23-22(26-17-7-3-4-8-17)19-9-5-6-10-20(19)33-24(23)30/h5-6,9-14,17,26H,2-4,7-8,15H2,1H3,(H2,27,28,31). The van der Waals surface area contributed by atoms with E-state index in [1.54, 1.807) is 43.3 Å². The molecule has 1 saturated carbocycles. The largest absolute Gasteiger partial charge is 0.466 e. The van der Waals surface area contributed by atoms with Crippen LogP contribution in [0.4, 0.5) is 21.9 Å². The van der Waals surface area contributed by atoms with E-state index < -0.39 is 11.7 Å². The molecule has 8 heteroatoms. The van der Waals surface area contributed by atoms with E-state index in [0.29, 0.717) is 23.6 Å². The highest BCUT2D eigenvalue weighted by Crippen LogP contribution is 2.32. The van der Waals surface area contributed by atoms with Crippen molar-refractivity contribution in [1.82, 2.24) is 0 Å². The van der Waals surface area contributed by atoms with Crippen molar-refractivity contribution >= 4 is 40.0 Å². The van der Waals surface area contributed by atoms with Crippen molar-refractivity contribution in [3.8, 4) is 0 Å². The first-order chi connectivity index (χ1) is 16.0. The number of esters is 1. The van der Waals surface area contributed by atoms with Crippen molar-refractivity contribution in [3.05, 3.63) is 64.5 Å². The van der Waals surface area contributed by atoms with Crippen LogP contribution in [0.25, 0.3) is 11.0 Å². The molecule has 2 aromatic carbocycles. The van der Waals surface area contributed by atoms with Crippen molar-refractivity contribution in [2.24, 2.45) is 0 Å². The maximum Gasteiger partial charge on any atom is 0.362 e. The Labute approximate surface area is 191 Å². The molecule has 0 spiro atoms. The summed E-state index contributed by atoms with van der Waals surface area (Å²) in [5, 5.41) is 9.57. The minimum atomic E-state index is -0.617. The molecule has 0 atom stereocenters. The van der Waals surface area contributed by atoms with Crippen molar-refractivity contribution in [2.75, 3.05) is 22.6 Å². The van der Waals surface area contributed by atoms with E-state index in [0.717, 1.165) is 36.6 Å². The molecule has 4 rings (SSSR count). The van der Waals surface area contributed by atoms with Gasteiger partial charge < -0.3 is 19.8 Å². The molecule has 3 aromatic rings. The van der Waals surface area contributed by atoms with Gasteiger partial charge in [0.15, 0.2) is 5.69 Å². The average molecular weight is 450 g/mol. The summed E-state index contributed by atoms with van der Waals surface area (Å²) in [7, 11) is 0. The Hall–Kier alpha value is -3.81. The second-order valence-corrected chi connectivity index (χ2v) is 8.02. The van der Waals surface area contributed by atoms with E-state index >= 15 is 0 Å². The van der Waals surface area contributed by atoms with Crippen LogP contribution in [0.5, 0.6) is 0 Å². The third kappa shape index (κ3) is 5.52. The first kappa shape index (κ1) is 22.4. The summed E-state index contributed by atoms with van der Waals surface area (Å²) in [6.45, 7) is 2.09. The Morgan fingerprint density at radius 3 is 2.45 bits per heavy atom. The van der Waals surface area contributed by atoms with Crippen LogP contribution in [0, 0.1) is 0 Å². The Balaban J connectivity index is 1.52. The maximum atomic E-state index is 12.7. The number of hydrogen-bond acceptors (Lipinski definition) is 6. The minimum absolute atomic E-state index is 0.0806. The highest BCUT2D eigenvalue weighted by molar-refractivity contribution is 6.05. The van der Waals surface area contributed by atoms with Crippen LogP contribution in [0.15, 0.2) is 57.7 Å². The molecular formula is C25H27N3O5. The molecule has 0 unspecified atom stereocenters. The zero-order valence-corrected chi connectivity index (χ0v) is 18.5. The molecule has 0 aliphatic heterocycles. The molecule has 8 nitrogen and oxygen atoms in total. The molecule has 1 aliphatic rings. The number of urea groups is 1. The predicted octanol–water partition coefficient (Wildman–Crippen LogP) is 4.90. The summed E-state index contributed by atoms with van der Waals surface area (Å²) < 4.78 is 10.4. The Morgan fingerprint density at radius 2 is 1.73 bits per heavy atom. The third-order valence-corrected chi connectivity index (χ3v) is 5.62. The number of para-hydroxylation sites is 1. The minimum Gasteiger partial charge on any atom is -0.466 e. The number of anilines is 3. The molecule has 3 N–H and O–H groups in total. The number of nitrogens with one attached hydrogen (secondary N) is 3. The highest BCUT2D eigenvalue weighted by Gasteiger charge is 2.22. The number of ether oxygens (including phenoxy) is 1. The highest BCUT2D eigenvalue weighted by atomic mass is 16.5. The predicted molar refractivity (Wildman–Crippen MR) is 128 cm³/mol. The maximum absolute atomic E-state index is 12.7. The van der Waals surface area contributed by atoms with Gasteiger partial charge in [0.2, 0.25) is 0 Å². The number of carbonyl (C=O) groups excluding carboxylic acids is 2. The van der Waals surface area contributed by atoms with Crippen molar-refractivity contribution < 1.29 is 18.7 Å². The molecule has 1 aromatic heterocycles. The fraction of sp³-hybridized carbons (Fsp3) is 0.320. The SMILES string of the molecule is CCOC(=O)Cc1ccc(NC(=O)Nc2c(NC3CCCC3)c3ccccc3oc2=O)cc1. The van der Waals surface area contributed by atoms with Gasteiger partial charge in [0.05, 0.1) is 18.7 Å². The van der Waals surface area contributed by atoms with Crippen molar-refractivity contribution in [3.63, 3.8) is 0 Å². The van der Waals surface area contributed by atoms with E-state index in [4.69, 9.17) is 9.15 Å². The fourth-order valence-corrected chi connectivity index (χ4v) is 4.05. The molecule has 1 fully saturated rings. The average Bonchev–Trinajstić information content (AvgIpc) is 3.31. The van der Waals surface area contributed by atoms with Crippen molar-refractivity contribution in [2.45, 2.75) is 45.1 Å². The van der Waals surface area contributed by atoms with Crippen LogP contribution in [0.1, 0.15) is 38.2 Å². The molecule has 1 heterocycles. The van der Waals surface area contributed by atoms with Crippen LogP contribution in [-0.4, -0.2) is 24.6 Å². The van der Waals surface area contributed by atoms with Gasteiger partial charge in [-0.25, -0.2) is 9.59 Å². The summed E-state index contributed by atoms with van der Waals surface area (Å²) in [6.07, 6.45) is 4.45. The number of benzene rings is 2. The third-order valence-electron chi connectivity index (χ3n) is 5.62. The lowest BCUT2D eigenvalue weighted by Crippen LogP contribution is -2.26. The fourth-order valence-electron chi connectivity index (χ4n) is 4.05. The zero-order chi connectivity index (χ0) is 23.2. The van der Waals surface area contributed by atoms with Gasteiger partial charge >= 0.3 is 17.6 Å². The normalized spacial score (nSPS) is 13.6.